The third-order valence-electron chi connectivity index (χ3n) is 4.07. The molecule has 2 aliphatic heterocycles. The molecule has 0 aliphatic carbocycles. The summed E-state index contributed by atoms with van der Waals surface area (Å²) in [6.45, 7) is 2.78. The molecule has 1 saturated heterocycles. The molecule has 4 nitrogen and oxygen atoms in total. The zero-order valence-corrected chi connectivity index (χ0v) is 11.7. The van der Waals surface area contributed by atoms with E-state index in [-0.39, 0.29) is 12.1 Å². The smallest absolute Gasteiger partial charge is 0.257 e. The summed E-state index contributed by atoms with van der Waals surface area (Å²) >= 11 is 0. The molecule has 0 radical (unpaired) electrons. The van der Waals surface area contributed by atoms with Crippen molar-refractivity contribution in [3.05, 3.63) is 29.8 Å². The van der Waals surface area contributed by atoms with E-state index in [1.807, 2.05) is 18.2 Å². The maximum atomic E-state index is 12.7. The molecule has 102 valence electrons. The van der Waals surface area contributed by atoms with Crippen LogP contribution < -0.4 is 4.90 Å². The maximum absolute atomic E-state index is 12.7. The van der Waals surface area contributed by atoms with Crippen LogP contribution in [0.4, 0.5) is 5.69 Å². The highest BCUT2D eigenvalue weighted by molar-refractivity contribution is 6.02. The van der Waals surface area contributed by atoms with Crippen molar-refractivity contribution in [3.8, 4) is 0 Å². The lowest BCUT2D eigenvalue weighted by molar-refractivity contribution is 0.0651. The van der Waals surface area contributed by atoms with E-state index in [9.17, 15) is 4.79 Å². The van der Waals surface area contributed by atoms with Gasteiger partial charge in [-0.3, -0.25) is 4.79 Å². The van der Waals surface area contributed by atoms with Gasteiger partial charge in [-0.25, -0.2) is 0 Å². The number of benzene rings is 1. The number of fused-ring (bicyclic) bond motifs is 3. The quantitative estimate of drug-likeness (QED) is 0.825. The van der Waals surface area contributed by atoms with Gasteiger partial charge in [0.25, 0.3) is 5.91 Å². The van der Waals surface area contributed by atoms with Gasteiger partial charge < -0.3 is 14.7 Å². The molecule has 1 unspecified atom stereocenters. The third-order valence-corrected chi connectivity index (χ3v) is 4.07. The van der Waals surface area contributed by atoms with E-state index in [0.717, 1.165) is 37.3 Å². The molecule has 0 bridgehead atoms. The average molecular weight is 259 g/mol. The first-order valence-electron chi connectivity index (χ1n) is 7.00. The van der Waals surface area contributed by atoms with Crippen molar-refractivity contribution in [2.75, 3.05) is 38.6 Å². The molecule has 1 aromatic rings. The minimum atomic E-state index is 0.195. The van der Waals surface area contributed by atoms with Gasteiger partial charge >= 0.3 is 0 Å². The number of hydrogen-bond acceptors (Lipinski definition) is 3. The Kier molecular flexibility index (Phi) is 3.19. The van der Waals surface area contributed by atoms with E-state index in [0.29, 0.717) is 0 Å². The SMILES string of the molecule is CN(C)CCN1C(=O)c2ccccc2N2CCCC12. The molecule has 1 amide bonds. The van der Waals surface area contributed by atoms with Crippen molar-refractivity contribution in [1.29, 1.82) is 0 Å². The molecule has 19 heavy (non-hydrogen) atoms. The van der Waals surface area contributed by atoms with Gasteiger partial charge in [0.2, 0.25) is 0 Å². The lowest BCUT2D eigenvalue weighted by Crippen LogP contribution is -2.53. The predicted octanol–water partition coefficient (Wildman–Crippen LogP) is 1.63. The van der Waals surface area contributed by atoms with Gasteiger partial charge in [0.1, 0.15) is 6.17 Å². The molecule has 1 aromatic carbocycles. The number of likely N-dealkylation sites (N-methyl/N-ethyl adjacent to an activating group) is 1. The van der Waals surface area contributed by atoms with Crippen LogP contribution in [0.2, 0.25) is 0 Å². The number of carbonyl (C=O) groups is 1. The van der Waals surface area contributed by atoms with E-state index in [4.69, 9.17) is 0 Å². The Balaban J connectivity index is 1.92. The Hall–Kier alpha value is -1.55. The summed E-state index contributed by atoms with van der Waals surface area (Å²) in [6.07, 6.45) is 2.53. The summed E-state index contributed by atoms with van der Waals surface area (Å²) in [6, 6.07) is 8.01. The molecule has 3 rings (SSSR count). The molecule has 1 fully saturated rings. The molecule has 2 aliphatic rings. The summed E-state index contributed by atoms with van der Waals surface area (Å²) in [5, 5.41) is 0. The fourth-order valence-electron chi connectivity index (χ4n) is 3.11. The molecule has 0 spiro atoms. The molecular weight excluding hydrogens is 238 g/mol. The van der Waals surface area contributed by atoms with Crippen molar-refractivity contribution >= 4 is 11.6 Å². The first-order chi connectivity index (χ1) is 9.18. The van der Waals surface area contributed by atoms with Crippen molar-refractivity contribution in [1.82, 2.24) is 9.80 Å². The summed E-state index contributed by atoms with van der Waals surface area (Å²) in [7, 11) is 4.10. The van der Waals surface area contributed by atoms with Crippen LogP contribution in [0.3, 0.4) is 0 Å². The average Bonchev–Trinajstić information content (AvgIpc) is 2.87. The lowest BCUT2D eigenvalue weighted by Gasteiger charge is -2.42. The fourth-order valence-corrected chi connectivity index (χ4v) is 3.11. The van der Waals surface area contributed by atoms with Gasteiger partial charge in [-0.2, -0.15) is 0 Å². The van der Waals surface area contributed by atoms with E-state index < -0.39 is 0 Å². The number of amides is 1. The zero-order chi connectivity index (χ0) is 13.4. The summed E-state index contributed by atoms with van der Waals surface area (Å²) in [4.78, 5) is 19.2. The Morgan fingerprint density at radius 2 is 2.11 bits per heavy atom. The Morgan fingerprint density at radius 3 is 2.89 bits per heavy atom. The molecular formula is C15H21N3O. The monoisotopic (exact) mass is 259 g/mol. The van der Waals surface area contributed by atoms with E-state index >= 15 is 0 Å². The van der Waals surface area contributed by atoms with E-state index in [1.165, 1.54) is 6.42 Å². The first kappa shape index (κ1) is 12.5. The van der Waals surface area contributed by atoms with Crippen molar-refractivity contribution in [2.24, 2.45) is 0 Å². The highest BCUT2D eigenvalue weighted by Gasteiger charge is 2.39. The van der Waals surface area contributed by atoms with Gasteiger partial charge in [-0.05, 0) is 39.1 Å². The number of nitrogens with zero attached hydrogens (tertiary/aromatic N) is 3. The van der Waals surface area contributed by atoms with Crippen molar-refractivity contribution in [2.45, 2.75) is 19.0 Å². The van der Waals surface area contributed by atoms with Crippen LogP contribution in [0, 0.1) is 0 Å². The second-order valence-corrected chi connectivity index (χ2v) is 5.64. The van der Waals surface area contributed by atoms with Gasteiger partial charge in [-0.15, -0.1) is 0 Å². The first-order valence-corrected chi connectivity index (χ1v) is 7.00. The standard InChI is InChI=1S/C15H21N3O/c1-16(2)10-11-18-14-8-5-9-17(14)13-7-4-3-6-12(13)15(18)19/h3-4,6-7,14H,5,8-11H2,1-2H3. The van der Waals surface area contributed by atoms with Crippen LogP contribution in [0.25, 0.3) is 0 Å². The van der Waals surface area contributed by atoms with Gasteiger partial charge in [-0.1, -0.05) is 12.1 Å². The second-order valence-electron chi connectivity index (χ2n) is 5.64. The highest BCUT2D eigenvalue weighted by Crippen LogP contribution is 2.35. The minimum Gasteiger partial charge on any atom is -0.350 e. The van der Waals surface area contributed by atoms with Gasteiger partial charge in [0.15, 0.2) is 0 Å². The summed E-state index contributed by atoms with van der Waals surface area (Å²) in [5.41, 5.74) is 1.98. The van der Waals surface area contributed by atoms with Crippen LogP contribution >= 0.6 is 0 Å². The lowest BCUT2D eigenvalue weighted by atomic mass is 10.1. The Bertz CT molecular complexity index is 486. The van der Waals surface area contributed by atoms with Crippen LogP contribution in [0.1, 0.15) is 23.2 Å². The molecule has 2 heterocycles. The molecule has 4 heteroatoms. The number of hydrogen-bond donors (Lipinski definition) is 0. The number of anilines is 1. The summed E-state index contributed by atoms with van der Waals surface area (Å²) in [5.74, 6) is 0.195. The number of carbonyl (C=O) groups excluding carboxylic acids is 1. The predicted molar refractivity (Wildman–Crippen MR) is 76.4 cm³/mol. The fraction of sp³-hybridized carbons (Fsp3) is 0.533. The number of rotatable bonds is 3. The van der Waals surface area contributed by atoms with E-state index in [2.05, 4.69) is 34.9 Å². The van der Waals surface area contributed by atoms with Crippen molar-refractivity contribution in [3.63, 3.8) is 0 Å². The van der Waals surface area contributed by atoms with Crippen LogP contribution in [0.5, 0.6) is 0 Å². The van der Waals surface area contributed by atoms with Gasteiger partial charge in [0.05, 0.1) is 11.3 Å². The van der Waals surface area contributed by atoms with Crippen LogP contribution in [-0.4, -0.2) is 55.6 Å². The Morgan fingerprint density at radius 1 is 1.32 bits per heavy atom. The highest BCUT2D eigenvalue weighted by atomic mass is 16.2. The van der Waals surface area contributed by atoms with Gasteiger partial charge in [0, 0.05) is 19.6 Å². The number of para-hydroxylation sites is 1. The topological polar surface area (TPSA) is 26.8 Å². The van der Waals surface area contributed by atoms with E-state index in [1.54, 1.807) is 0 Å². The molecule has 0 N–H and O–H groups in total. The maximum Gasteiger partial charge on any atom is 0.257 e. The third kappa shape index (κ3) is 2.10. The van der Waals surface area contributed by atoms with Crippen molar-refractivity contribution < 1.29 is 4.79 Å². The summed E-state index contributed by atoms with van der Waals surface area (Å²) < 4.78 is 0. The van der Waals surface area contributed by atoms with Crippen LogP contribution in [0.15, 0.2) is 24.3 Å². The molecule has 1 atom stereocenters. The molecule has 0 saturated carbocycles. The second kappa shape index (κ2) is 4.85. The largest absolute Gasteiger partial charge is 0.350 e. The zero-order valence-electron chi connectivity index (χ0n) is 11.7. The minimum absolute atomic E-state index is 0.195. The molecule has 0 aromatic heterocycles. The normalized spacial score (nSPS) is 21.8. The van der Waals surface area contributed by atoms with Crippen LogP contribution in [-0.2, 0) is 0 Å². The Labute approximate surface area is 114 Å².